The van der Waals surface area contributed by atoms with Crippen molar-refractivity contribution in [2.45, 2.75) is 6.54 Å². The van der Waals surface area contributed by atoms with Gasteiger partial charge in [-0.25, -0.2) is 8.78 Å². The zero-order valence-electron chi connectivity index (χ0n) is 11.0. The van der Waals surface area contributed by atoms with Gasteiger partial charge in [-0.1, -0.05) is 6.07 Å². The minimum atomic E-state index is -0.556. The van der Waals surface area contributed by atoms with Gasteiger partial charge in [0.05, 0.1) is 18.1 Å². The van der Waals surface area contributed by atoms with Crippen LogP contribution < -0.4 is 5.32 Å². The van der Waals surface area contributed by atoms with E-state index < -0.39 is 11.6 Å². The van der Waals surface area contributed by atoms with Gasteiger partial charge in [0, 0.05) is 17.8 Å². The fraction of sp³-hybridized carbons (Fsp3) is 0.0667. The number of halogens is 2. The van der Waals surface area contributed by atoms with E-state index in [2.05, 4.69) is 15.5 Å². The van der Waals surface area contributed by atoms with Crippen LogP contribution in [0.5, 0.6) is 0 Å². The lowest BCUT2D eigenvalue weighted by atomic mass is 10.2. The fourth-order valence-corrected chi connectivity index (χ4v) is 1.95. The van der Waals surface area contributed by atoms with Crippen LogP contribution in [0.3, 0.4) is 0 Å². The van der Waals surface area contributed by atoms with E-state index >= 15 is 0 Å². The summed E-state index contributed by atoms with van der Waals surface area (Å²) >= 11 is 0. The van der Waals surface area contributed by atoms with E-state index in [4.69, 9.17) is 0 Å². The molecule has 0 aliphatic rings. The zero-order chi connectivity index (χ0) is 14.7. The Morgan fingerprint density at radius 2 is 1.52 bits per heavy atom. The molecule has 0 spiro atoms. The predicted molar refractivity (Wildman–Crippen MR) is 75.0 cm³/mol. The molecule has 0 saturated heterocycles. The molecule has 0 unspecified atom stereocenters. The van der Waals surface area contributed by atoms with Crippen LogP contribution in [0.1, 0.15) is 5.56 Å². The highest BCUT2D eigenvalue weighted by Crippen LogP contribution is 2.16. The summed E-state index contributed by atoms with van der Waals surface area (Å²) in [6.45, 7) is 0.0812. The molecule has 21 heavy (non-hydrogen) atoms. The van der Waals surface area contributed by atoms with Crippen molar-refractivity contribution < 1.29 is 8.78 Å². The Balaban J connectivity index is 1.71. The molecule has 1 N–H and O–H groups in total. The molecule has 0 radical (unpaired) electrons. The van der Waals surface area contributed by atoms with Crippen LogP contribution in [0.2, 0.25) is 0 Å². The lowest BCUT2D eigenvalue weighted by molar-refractivity contribution is 0.560. The summed E-state index contributed by atoms with van der Waals surface area (Å²) in [5.74, 6) is -1.11. The summed E-state index contributed by atoms with van der Waals surface area (Å²) in [5, 5.41) is 11.0. The van der Waals surface area contributed by atoms with Crippen molar-refractivity contribution in [1.82, 2.24) is 15.0 Å². The highest BCUT2D eigenvalue weighted by atomic mass is 19.1. The topological polar surface area (TPSA) is 42.7 Å². The monoisotopic (exact) mass is 286 g/mol. The van der Waals surface area contributed by atoms with E-state index in [1.807, 2.05) is 12.1 Å². The van der Waals surface area contributed by atoms with E-state index in [1.54, 1.807) is 24.5 Å². The molecule has 0 fully saturated rings. The molecule has 106 valence electrons. The molecule has 0 atom stereocenters. The van der Waals surface area contributed by atoms with Gasteiger partial charge >= 0.3 is 0 Å². The standard InChI is InChI=1S/C15H12F2N4/c16-14-2-1-3-15(17)13(14)10-18-11-4-6-12(7-5-11)21-19-8-9-20-21/h1-9,18H,10H2. The second kappa shape index (κ2) is 5.70. The average Bonchev–Trinajstić information content (AvgIpc) is 3.02. The summed E-state index contributed by atoms with van der Waals surface area (Å²) < 4.78 is 27.0. The highest BCUT2D eigenvalue weighted by Gasteiger charge is 2.07. The lowest BCUT2D eigenvalue weighted by Crippen LogP contribution is -2.05. The number of hydrogen-bond donors (Lipinski definition) is 1. The molecule has 0 aliphatic carbocycles. The average molecular weight is 286 g/mol. The fourth-order valence-electron chi connectivity index (χ4n) is 1.95. The van der Waals surface area contributed by atoms with Crippen molar-refractivity contribution in [3.8, 4) is 5.69 Å². The highest BCUT2D eigenvalue weighted by molar-refractivity contribution is 5.48. The third-order valence-electron chi connectivity index (χ3n) is 3.05. The first-order valence-corrected chi connectivity index (χ1v) is 6.37. The molecule has 0 bridgehead atoms. The molecule has 6 heteroatoms. The Morgan fingerprint density at radius 3 is 2.14 bits per heavy atom. The molecule has 0 amide bonds. The van der Waals surface area contributed by atoms with Crippen LogP contribution in [0.25, 0.3) is 5.69 Å². The summed E-state index contributed by atoms with van der Waals surface area (Å²) in [6, 6.07) is 11.1. The third-order valence-corrected chi connectivity index (χ3v) is 3.05. The SMILES string of the molecule is Fc1cccc(F)c1CNc1ccc(-n2nccn2)cc1. The molecule has 0 saturated carbocycles. The van der Waals surface area contributed by atoms with Gasteiger partial charge in [0.15, 0.2) is 0 Å². The van der Waals surface area contributed by atoms with Crippen LogP contribution in [-0.4, -0.2) is 15.0 Å². The van der Waals surface area contributed by atoms with Gasteiger partial charge in [-0.05, 0) is 36.4 Å². The van der Waals surface area contributed by atoms with E-state index in [-0.39, 0.29) is 12.1 Å². The number of nitrogens with zero attached hydrogens (tertiary/aromatic N) is 3. The van der Waals surface area contributed by atoms with E-state index in [9.17, 15) is 8.78 Å². The van der Waals surface area contributed by atoms with Gasteiger partial charge in [-0.3, -0.25) is 0 Å². The molecule has 0 aliphatic heterocycles. The van der Waals surface area contributed by atoms with Gasteiger partial charge in [0.25, 0.3) is 0 Å². The van der Waals surface area contributed by atoms with Crippen molar-refractivity contribution in [2.24, 2.45) is 0 Å². The van der Waals surface area contributed by atoms with Crippen LogP contribution in [0.15, 0.2) is 54.9 Å². The second-order valence-corrected chi connectivity index (χ2v) is 4.42. The van der Waals surface area contributed by atoms with Crippen molar-refractivity contribution in [1.29, 1.82) is 0 Å². The Hall–Kier alpha value is -2.76. The summed E-state index contributed by atoms with van der Waals surface area (Å²) in [5.41, 5.74) is 1.59. The van der Waals surface area contributed by atoms with Gasteiger partial charge < -0.3 is 5.32 Å². The molecular weight excluding hydrogens is 274 g/mol. The quantitative estimate of drug-likeness (QED) is 0.801. The van der Waals surface area contributed by atoms with E-state index in [0.717, 1.165) is 11.4 Å². The van der Waals surface area contributed by atoms with Crippen molar-refractivity contribution in [3.63, 3.8) is 0 Å². The number of aromatic nitrogens is 3. The van der Waals surface area contributed by atoms with Crippen molar-refractivity contribution in [2.75, 3.05) is 5.32 Å². The normalized spacial score (nSPS) is 10.6. The number of nitrogens with one attached hydrogen (secondary N) is 1. The smallest absolute Gasteiger partial charge is 0.131 e. The Labute approximate surface area is 120 Å². The minimum Gasteiger partial charge on any atom is -0.381 e. The number of anilines is 1. The van der Waals surface area contributed by atoms with Crippen LogP contribution >= 0.6 is 0 Å². The minimum absolute atomic E-state index is 0.0234. The Kier molecular flexibility index (Phi) is 3.59. The zero-order valence-corrected chi connectivity index (χ0v) is 11.0. The van der Waals surface area contributed by atoms with Crippen LogP contribution in [-0.2, 0) is 6.54 Å². The lowest BCUT2D eigenvalue weighted by Gasteiger charge is -2.09. The number of rotatable bonds is 4. The molecule has 1 aromatic heterocycles. The maximum Gasteiger partial charge on any atom is 0.131 e. The first kappa shape index (κ1) is 13.2. The van der Waals surface area contributed by atoms with Crippen LogP contribution in [0.4, 0.5) is 14.5 Å². The molecule has 3 aromatic rings. The van der Waals surface area contributed by atoms with Gasteiger partial charge in [0.1, 0.15) is 11.6 Å². The second-order valence-electron chi connectivity index (χ2n) is 4.42. The summed E-state index contributed by atoms with van der Waals surface area (Å²) in [7, 11) is 0. The van der Waals surface area contributed by atoms with Gasteiger partial charge in [-0.15, -0.1) is 0 Å². The predicted octanol–water partition coefficient (Wildman–Crippen LogP) is 3.16. The van der Waals surface area contributed by atoms with Gasteiger partial charge in [-0.2, -0.15) is 15.0 Å². The maximum atomic E-state index is 13.5. The van der Waals surface area contributed by atoms with Crippen molar-refractivity contribution >= 4 is 5.69 Å². The maximum absolute atomic E-state index is 13.5. The first-order chi connectivity index (χ1) is 10.2. The molecule has 3 rings (SSSR count). The summed E-state index contributed by atoms with van der Waals surface area (Å²) in [4.78, 5) is 1.49. The molecule has 1 heterocycles. The number of hydrogen-bond acceptors (Lipinski definition) is 3. The first-order valence-electron chi connectivity index (χ1n) is 6.37. The Morgan fingerprint density at radius 1 is 0.905 bits per heavy atom. The largest absolute Gasteiger partial charge is 0.381 e. The van der Waals surface area contributed by atoms with E-state index in [1.165, 1.54) is 23.0 Å². The number of benzene rings is 2. The molecular formula is C15H12F2N4. The third kappa shape index (κ3) is 2.89. The van der Waals surface area contributed by atoms with E-state index in [0.29, 0.717) is 0 Å². The van der Waals surface area contributed by atoms with Gasteiger partial charge in [0.2, 0.25) is 0 Å². The van der Waals surface area contributed by atoms with Crippen LogP contribution in [0, 0.1) is 11.6 Å². The summed E-state index contributed by atoms with van der Waals surface area (Å²) in [6.07, 6.45) is 3.18. The molecule has 2 aromatic carbocycles. The van der Waals surface area contributed by atoms with Crippen molar-refractivity contribution in [3.05, 3.63) is 72.1 Å². The molecule has 4 nitrogen and oxygen atoms in total. The Bertz CT molecular complexity index is 704.